The van der Waals surface area contributed by atoms with Crippen LogP contribution < -0.4 is 0 Å². The molecule has 0 aromatic rings. The van der Waals surface area contributed by atoms with E-state index in [0.29, 0.717) is 6.42 Å². The molecule has 0 spiro atoms. The molecule has 0 aromatic heterocycles. The van der Waals surface area contributed by atoms with Crippen LogP contribution in [-0.2, 0) is 23.7 Å². The lowest BCUT2D eigenvalue weighted by Gasteiger charge is -2.30. The SMILES string of the molecule is CC/C=C\C[C@@H](/C=C/[C@@H]1[C@H]2CC(O)O[C@H]2C[C@H]1OC1CCCCO1)OC(C)(C)OC. The van der Waals surface area contributed by atoms with E-state index in [0.717, 1.165) is 45.1 Å². The summed E-state index contributed by atoms with van der Waals surface area (Å²) in [7, 11) is 1.66. The van der Waals surface area contributed by atoms with E-state index in [1.807, 2.05) is 13.8 Å². The van der Waals surface area contributed by atoms with E-state index in [1.54, 1.807) is 7.11 Å². The number of hydrogen-bond acceptors (Lipinski definition) is 6. The Bertz CT molecular complexity index is 568. The van der Waals surface area contributed by atoms with Gasteiger partial charge in [0.2, 0.25) is 0 Å². The van der Waals surface area contributed by atoms with Crippen LogP contribution in [0.1, 0.15) is 65.7 Å². The molecule has 1 N–H and O–H groups in total. The van der Waals surface area contributed by atoms with Crippen molar-refractivity contribution < 1.29 is 28.8 Å². The first-order valence-corrected chi connectivity index (χ1v) is 11.6. The van der Waals surface area contributed by atoms with Crippen molar-refractivity contribution in [1.29, 1.82) is 0 Å². The van der Waals surface area contributed by atoms with E-state index in [4.69, 9.17) is 23.7 Å². The first-order chi connectivity index (χ1) is 14.4. The van der Waals surface area contributed by atoms with Gasteiger partial charge in [-0.1, -0.05) is 31.2 Å². The average molecular weight is 425 g/mol. The third kappa shape index (κ3) is 6.62. The molecule has 1 saturated carbocycles. The molecule has 172 valence electrons. The molecular formula is C24H40O6. The van der Waals surface area contributed by atoms with Gasteiger partial charge in [0.1, 0.15) is 0 Å². The molecular weight excluding hydrogens is 384 g/mol. The highest BCUT2D eigenvalue weighted by atomic mass is 16.7. The normalized spacial score (nSPS) is 36.0. The molecule has 2 unspecified atom stereocenters. The van der Waals surface area contributed by atoms with Gasteiger partial charge < -0.3 is 28.8 Å². The van der Waals surface area contributed by atoms with E-state index in [2.05, 4.69) is 31.2 Å². The lowest BCUT2D eigenvalue weighted by atomic mass is 9.91. The van der Waals surface area contributed by atoms with E-state index in [9.17, 15) is 5.11 Å². The molecule has 3 aliphatic rings. The van der Waals surface area contributed by atoms with Gasteiger partial charge in [-0.2, -0.15) is 0 Å². The Hall–Kier alpha value is -0.760. The summed E-state index contributed by atoms with van der Waals surface area (Å²) in [4.78, 5) is 0. The summed E-state index contributed by atoms with van der Waals surface area (Å²) >= 11 is 0. The summed E-state index contributed by atoms with van der Waals surface area (Å²) in [6.45, 7) is 6.75. The number of rotatable bonds is 10. The molecule has 7 atom stereocenters. The second-order valence-corrected chi connectivity index (χ2v) is 9.07. The second kappa shape index (κ2) is 11.2. The number of allylic oxidation sites excluding steroid dienone is 1. The minimum absolute atomic E-state index is 0.0362. The number of aliphatic hydroxyl groups is 1. The predicted octanol–water partition coefficient (Wildman–Crippen LogP) is 4.32. The molecule has 6 nitrogen and oxygen atoms in total. The van der Waals surface area contributed by atoms with Crippen LogP contribution in [0.15, 0.2) is 24.3 Å². The van der Waals surface area contributed by atoms with Crippen molar-refractivity contribution in [3.63, 3.8) is 0 Å². The number of methoxy groups -OCH3 is 1. The van der Waals surface area contributed by atoms with Crippen LogP contribution in [0.5, 0.6) is 0 Å². The second-order valence-electron chi connectivity index (χ2n) is 9.07. The van der Waals surface area contributed by atoms with Gasteiger partial charge in [0.15, 0.2) is 18.4 Å². The summed E-state index contributed by atoms with van der Waals surface area (Å²) in [5, 5.41) is 10.0. The van der Waals surface area contributed by atoms with Gasteiger partial charge in [0.05, 0.1) is 18.3 Å². The summed E-state index contributed by atoms with van der Waals surface area (Å²) in [5.74, 6) is -0.233. The van der Waals surface area contributed by atoms with E-state index < -0.39 is 12.1 Å². The van der Waals surface area contributed by atoms with Crippen LogP contribution in [0.2, 0.25) is 0 Å². The number of aliphatic hydroxyl groups excluding tert-OH is 1. The van der Waals surface area contributed by atoms with E-state index in [-0.39, 0.29) is 36.4 Å². The zero-order valence-corrected chi connectivity index (χ0v) is 19.0. The molecule has 0 amide bonds. The standard InChI is InChI=1S/C24H40O6/c1-5-6-7-10-17(30-24(2,3)26-4)12-13-18-19-15-22(25)28-21(19)16-20(18)29-23-11-8-9-14-27-23/h6-7,12-13,17-23,25H,5,8-11,14-16H2,1-4H3/b7-6-,13-12+/t17-,18+,19+,20+,21-,22?,23?/m0/s1. The molecule has 2 saturated heterocycles. The first-order valence-electron chi connectivity index (χ1n) is 11.6. The van der Waals surface area contributed by atoms with Gasteiger partial charge in [-0.25, -0.2) is 0 Å². The number of ether oxygens (including phenoxy) is 5. The molecule has 0 radical (unpaired) electrons. The maximum atomic E-state index is 10.0. The van der Waals surface area contributed by atoms with E-state index in [1.165, 1.54) is 0 Å². The van der Waals surface area contributed by atoms with Crippen molar-refractivity contribution in [2.24, 2.45) is 11.8 Å². The van der Waals surface area contributed by atoms with Gasteiger partial charge in [-0.05, 0) is 51.9 Å². The highest BCUT2D eigenvalue weighted by molar-refractivity contribution is 5.08. The first kappa shape index (κ1) is 23.9. The van der Waals surface area contributed by atoms with Gasteiger partial charge in [0, 0.05) is 32.5 Å². The minimum atomic E-state index is -0.672. The van der Waals surface area contributed by atoms with Gasteiger partial charge in [-0.15, -0.1) is 0 Å². The van der Waals surface area contributed by atoms with Crippen LogP contribution in [0, 0.1) is 11.8 Å². The Morgan fingerprint density at radius 3 is 2.73 bits per heavy atom. The lowest BCUT2D eigenvalue weighted by molar-refractivity contribution is -0.213. The van der Waals surface area contributed by atoms with Crippen molar-refractivity contribution in [3.8, 4) is 0 Å². The fourth-order valence-corrected chi connectivity index (χ4v) is 4.69. The van der Waals surface area contributed by atoms with E-state index >= 15 is 0 Å². The van der Waals surface area contributed by atoms with Gasteiger partial charge in [-0.3, -0.25) is 0 Å². The fourth-order valence-electron chi connectivity index (χ4n) is 4.69. The third-order valence-corrected chi connectivity index (χ3v) is 6.38. The average Bonchev–Trinajstić information content (AvgIpc) is 3.22. The summed E-state index contributed by atoms with van der Waals surface area (Å²) in [6.07, 6.45) is 14.3. The minimum Gasteiger partial charge on any atom is -0.368 e. The van der Waals surface area contributed by atoms with Crippen molar-refractivity contribution in [1.82, 2.24) is 0 Å². The molecule has 6 heteroatoms. The van der Waals surface area contributed by atoms with Gasteiger partial charge >= 0.3 is 0 Å². The van der Waals surface area contributed by atoms with Crippen LogP contribution in [0.3, 0.4) is 0 Å². The molecule has 1 aliphatic carbocycles. The molecule has 30 heavy (non-hydrogen) atoms. The Morgan fingerprint density at radius 2 is 2.03 bits per heavy atom. The van der Waals surface area contributed by atoms with Crippen molar-refractivity contribution in [2.75, 3.05) is 13.7 Å². The third-order valence-electron chi connectivity index (χ3n) is 6.38. The molecule has 2 heterocycles. The molecule has 0 aromatic carbocycles. The lowest BCUT2D eigenvalue weighted by Crippen LogP contribution is -2.32. The summed E-state index contributed by atoms with van der Waals surface area (Å²) in [6, 6.07) is 0. The monoisotopic (exact) mass is 424 g/mol. The Morgan fingerprint density at radius 1 is 1.20 bits per heavy atom. The molecule has 3 rings (SSSR count). The largest absolute Gasteiger partial charge is 0.368 e. The summed E-state index contributed by atoms with van der Waals surface area (Å²) in [5.41, 5.74) is 0. The fraction of sp³-hybridized carbons (Fsp3) is 0.833. The van der Waals surface area contributed by atoms with Crippen molar-refractivity contribution in [2.45, 2.75) is 102 Å². The Kier molecular flexibility index (Phi) is 8.93. The maximum absolute atomic E-state index is 10.0. The Balaban J connectivity index is 1.70. The van der Waals surface area contributed by atoms with Crippen LogP contribution >= 0.6 is 0 Å². The smallest absolute Gasteiger partial charge is 0.163 e. The predicted molar refractivity (Wildman–Crippen MR) is 115 cm³/mol. The topological polar surface area (TPSA) is 66.4 Å². The quantitative estimate of drug-likeness (QED) is 0.416. The zero-order chi connectivity index (χ0) is 21.6. The highest BCUT2D eigenvalue weighted by Gasteiger charge is 2.49. The maximum Gasteiger partial charge on any atom is 0.163 e. The van der Waals surface area contributed by atoms with Crippen molar-refractivity contribution >= 4 is 0 Å². The van der Waals surface area contributed by atoms with Crippen LogP contribution in [0.4, 0.5) is 0 Å². The number of fused-ring (bicyclic) bond motifs is 1. The van der Waals surface area contributed by atoms with Crippen LogP contribution in [0.25, 0.3) is 0 Å². The van der Waals surface area contributed by atoms with Crippen LogP contribution in [-0.4, -0.2) is 55.5 Å². The van der Waals surface area contributed by atoms with Gasteiger partial charge in [0.25, 0.3) is 0 Å². The Labute approximate surface area is 181 Å². The molecule has 2 aliphatic heterocycles. The molecule has 0 bridgehead atoms. The molecule has 3 fully saturated rings. The highest BCUT2D eigenvalue weighted by Crippen LogP contribution is 2.45. The zero-order valence-electron chi connectivity index (χ0n) is 19.0. The number of hydrogen-bond donors (Lipinski definition) is 1. The summed E-state index contributed by atoms with van der Waals surface area (Å²) < 4.78 is 29.6. The van der Waals surface area contributed by atoms with Crippen molar-refractivity contribution in [3.05, 3.63) is 24.3 Å².